The van der Waals surface area contributed by atoms with Gasteiger partial charge < -0.3 is 40.3 Å². The van der Waals surface area contributed by atoms with Crippen LogP contribution >= 0.6 is 0 Å². The van der Waals surface area contributed by atoms with Crippen LogP contribution in [-0.4, -0.2) is 87.5 Å². The molecule has 9 heteroatoms. The minimum absolute atomic E-state index is 0.173. The summed E-state index contributed by atoms with van der Waals surface area (Å²) >= 11 is 0. The smallest absolute Gasteiger partial charge is 0.220 e. The van der Waals surface area contributed by atoms with E-state index in [0.29, 0.717) is 6.42 Å². The van der Waals surface area contributed by atoms with Gasteiger partial charge in [0.1, 0.15) is 24.4 Å². The molecule has 1 aliphatic heterocycles. The Morgan fingerprint density at radius 1 is 0.532 bits per heavy atom. The van der Waals surface area contributed by atoms with E-state index in [0.717, 1.165) is 38.5 Å². The van der Waals surface area contributed by atoms with Crippen LogP contribution in [0.4, 0.5) is 0 Å². The summed E-state index contributed by atoms with van der Waals surface area (Å²) in [6.07, 6.45) is 45.8. The average molecular weight is 882 g/mol. The number of allylic oxidation sites excluding steroid dienone is 1. The molecule has 1 heterocycles. The van der Waals surface area contributed by atoms with Gasteiger partial charge in [0, 0.05) is 6.42 Å². The van der Waals surface area contributed by atoms with E-state index >= 15 is 0 Å². The number of aliphatic hydroxyl groups is 5. The fourth-order valence-electron chi connectivity index (χ4n) is 8.81. The maximum atomic E-state index is 13.0. The van der Waals surface area contributed by atoms with Crippen molar-refractivity contribution in [3.63, 3.8) is 0 Å². The van der Waals surface area contributed by atoms with Crippen LogP contribution in [0.5, 0.6) is 0 Å². The third-order valence-corrected chi connectivity index (χ3v) is 13.1. The van der Waals surface area contributed by atoms with Crippen molar-refractivity contribution in [1.29, 1.82) is 0 Å². The summed E-state index contributed by atoms with van der Waals surface area (Å²) in [5, 5.41) is 54.2. The zero-order valence-corrected chi connectivity index (χ0v) is 40.6. The first-order chi connectivity index (χ1) is 30.3. The third kappa shape index (κ3) is 33.4. The lowest BCUT2D eigenvalue weighted by molar-refractivity contribution is -0.302. The maximum Gasteiger partial charge on any atom is 0.220 e. The van der Waals surface area contributed by atoms with Gasteiger partial charge in [-0.25, -0.2) is 0 Å². The molecule has 7 unspecified atom stereocenters. The molecule has 1 aliphatic rings. The van der Waals surface area contributed by atoms with E-state index < -0.39 is 49.5 Å². The average Bonchev–Trinajstić information content (AvgIpc) is 3.27. The SMILES string of the molecule is CCCCCCCCCC/C=C/C(O)C(COC1OC(CO)C(O)C(O)C1O)NC(=O)CCCCCCCCCCCCCCCCCCCCCCCCCCCCCCC. The van der Waals surface area contributed by atoms with Crippen LogP contribution in [0.1, 0.15) is 264 Å². The minimum Gasteiger partial charge on any atom is -0.394 e. The predicted octanol–water partition coefficient (Wildman–Crippen LogP) is 12.5. The Labute approximate surface area is 382 Å². The Balaban J connectivity index is 2.11. The molecule has 0 bridgehead atoms. The second kappa shape index (κ2) is 43.8. The van der Waals surface area contributed by atoms with Gasteiger partial charge in [-0.3, -0.25) is 4.79 Å². The Hall–Kier alpha value is -1.07. The second-order valence-electron chi connectivity index (χ2n) is 19.0. The molecule has 1 fully saturated rings. The molecule has 0 radical (unpaired) electrons. The van der Waals surface area contributed by atoms with E-state index in [-0.39, 0.29) is 12.5 Å². The van der Waals surface area contributed by atoms with Gasteiger partial charge >= 0.3 is 0 Å². The number of nitrogens with one attached hydrogen (secondary N) is 1. The fraction of sp³-hybridized carbons (Fsp3) is 0.943. The van der Waals surface area contributed by atoms with Crippen molar-refractivity contribution >= 4 is 5.91 Å². The first kappa shape index (κ1) is 58.9. The molecule has 7 atom stereocenters. The number of rotatable bonds is 46. The molecule has 0 aromatic rings. The Morgan fingerprint density at radius 3 is 1.26 bits per heavy atom. The molecule has 1 rings (SSSR count). The van der Waals surface area contributed by atoms with Crippen LogP contribution in [0.2, 0.25) is 0 Å². The highest BCUT2D eigenvalue weighted by Gasteiger charge is 2.44. The molecule has 9 nitrogen and oxygen atoms in total. The highest BCUT2D eigenvalue weighted by molar-refractivity contribution is 5.76. The zero-order chi connectivity index (χ0) is 45.1. The van der Waals surface area contributed by atoms with E-state index in [1.54, 1.807) is 6.08 Å². The normalized spacial score (nSPS) is 20.3. The summed E-state index contributed by atoms with van der Waals surface area (Å²) in [4.78, 5) is 13.0. The number of carbonyl (C=O) groups is 1. The van der Waals surface area contributed by atoms with Crippen molar-refractivity contribution in [2.75, 3.05) is 13.2 Å². The zero-order valence-electron chi connectivity index (χ0n) is 40.6. The molecule has 368 valence electrons. The number of hydrogen-bond donors (Lipinski definition) is 6. The number of unbranched alkanes of at least 4 members (excludes halogenated alkanes) is 36. The Kier molecular flexibility index (Phi) is 41.6. The lowest BCUT2D eigenvalue weighted by Crippen LogP contribution is -2.60. The first-order valence-corrected chi connectivity index (χ1v) is 26.9. The monoisotopic (exact) mass is 882 g/mol. The molecule has 0 aromatic carbocycles. The van der Waals surface area contributed by atoms with E-state index in [2.05, 4.69) is 19.2 Å². The molecule has 0 aliphatic carbocycles. The largest absolute Gasteiger partial charge is 0.394 e. The summed E-state index contributed by atoms with van der Waals surface area (Å²) in [5.41, 5.74) is 0. The second-order valence-corrected chi connectivity index (χ2v) is 19.0. The molecular weight excluding hydrogens is 779 g/mol. The number of carbonyl (C=O) groups excluding carboxylic acids is 1. The van der Waals surface area contributed by atoms with Crippen LogP contribution in [0.3, 0.4) is 0 Å². The number of hydrogen-bond acceptors (Lipinski definition) is 8. The molecule has 6 N–H and O–H groups in total. The van der Waals surface area contributed by atoms with Gasteiger partial charge in [-0.05, 0) is 19.3 Å². The quantitative estimate of drug-likeness (QED) is 0.0261. The van der Waals surface area contributed by atoms with Crippen molar-refractivity contribution in [3.05, 3.63) is 12.2 Å². The summed E-state index contributed by atoms with van der Waals surface area (Å²) in [5.74, 6) is -0.173. The third-order valence-electron chi connectivity index (χ3n) is 13.1. The van der Waals surface area contributed by atoms with Gasteiger partial charge in [-0.1, -0.05) is 251 Å². The van der Waals surface area contributed by atoms with E-state index in [4.69, 9.17) is 9.47 Å². The molecule has 0 saturated carbocycles. The first-order valence-electron chi connectivity index (χ1n) is 26.9. The highest BCUT2D eigenvalue weighted by atomic mass is 16.7. The Bertz CT molecular complexity index is 981. The van der Waals surface area contributed by atoms with E-state index in [1.165, 1.54) is 205 Å². The lowest BCUT2D eigenvalue weighted by Gasteiger charge is -2.40. The van der Waals surface area contributed by atoms with Crippen LogP contribution in [0, 0.1) is 0 Å². The van der Waals surface area contributed by atoms with Crippen LogP contribution in [-0.2, 0) is 14.3 Å². The van der Waals surface area contributed by atoms with Crippen LogP contribution in [0.15, 0.2) is 12.2 Å². The molecule has 1 saturated heterocycles. The molecule has 0 spiro atoms. The fourth-order valence-corrected chi connectivity index (χ4v) is 8.81. The van der Waals surface area contributed by atoms with Gasteiger partial charge in [0.05, 0.1) is 25.4 Å². The Morgan fingerprint density at radius 2 is 0.887 bits per heavy atom. The van der Waals surface area contributed by atoms with Gasteiger partial charge in [0.2, 0.25) is 5.91 Å². The van der Waals surface area contributed by atoms with Crippen molar-refractivity contribution in [2.24, 2.45) is 0 Å². The highest BCUT2D eigenvalue weighted by Crippen LogP contribution is 2.23. The van der Waals surface area contributed by atoms with Crippen molar-refractivity contribution in [1.82, 2.24) is 5.32 Å². The number of aliphatic hydroxyl groups excluding tert-OH is 5. The summed E-state index contributed by atoms with van der Waals surface area (Å²) in [6, 6.07) is -0.798. The topological polar surface area (TPSA) is 149 Å². The summed E-state index contributed by atoms with van der Waals surface area (Å²) in [6.45, 7) is 3.78. The molecule has 1 amide bonds. The van der Waals surface area contributed by atoms with E-state index in [9.17, 15) is 30.3 Å². The van der Waals surface area contributed by atoms with Gasteiger partial charge in [-0.15, -0.1) is 0 Å². The molecular formula is C53H103NO8. The van der Waals surface area contributed by atoms with Gasteiger partial charge in [-0.2, -0.15) is 0 Å². The minimum atomic E-state index is -1.56. The lowest BCUT2D eigenvalue weighted by atomic mass is 9.99. The van der Waals surface area contributed by atoms with Gasteiger partial charge in [0.15, 0.2) is 6.29 Å². The predicted molar refractivity (Wildman–Crippen MR) is 258 cm³/mol. The standard InChI is InChI=1S/C53H103NO8/c1-3-5-7-9-11-13-15-16-17-18-19-20-21-22-23-24-25-26-27-28-29-30-31-32-33-35-37-39-41-43-49(57)54-46(45-61-53-52(60)51(59)50(58)48(44-55)62-53)47(56)42-40-38-36-34-14-12-10-8-6-4-2/h40,42,46-48,50-53,55-56,58-60H,3-39,41,43-45H2,1-2H3,(H,54,57)/b42-40+. The maximum absolute atomic E-state index is 13.0. The van der Waals surface area contributed by atoms with Crippen LogP contribution < -0.4 is 5.32 Å². The summed E-state index contributed by atoms with van der Waals surface area (Å²) < 4.78 is 11.2. The molecule has 62 heavy (non-hydrogen) atoms. The summed E-state index contributed by atoms with van der Waals surface area (Å²) in [7, 11) is 0. The van der Waals surface area contributed by atoms with Gasteiger partial charge in [0.25, 0.3) is 0 Å². The van der Waals surface area contributed by atoms with Crippen molar-refractivity contribution in [3.8, 4) is 0 Å². The number of amides is 1. The number of ether oxygens (including phenoxy) is 2. The van der Waals surface area contributed by atoms with Crippen LogP contribution in [0.25, 0.3) is 0 Å². The van der Waals surface area contributed by atoms with E-state index in [1.807, 2.05) is 6.08 Å². The molecule has 0 aromatic heterocycles. The van der Waals surface area contributed by atoms with Crippen molar-refractivity contribution in [2.45, 2.75) is 307 Å². The van der Waals surface area contributed by atoms with Crippen molar-refractivity contribution < 1.29 is 39.8 Å².